The monoisotopic (exact) mass is 295 g/mol. The average molecular weight is 295 g/mol. The van der Waals surface area contributed by atoms with E-state index in [1.54, 1.807) is 6.07 Å². The molecule has 1 aromatic carbocycles. The van der Waals surface area contributed by atoms with Crippen LogP contribution >= 0.6 is 0 Å². The van der Waals surface area contributed by atoms with Crippen LogP contribution < -0.4 is 10.1 Å². The molecular formula is C15H25N3O3. The average Bonchev–Trinajstić information content (AvgIpc) is 2.42. The van der Waals surface area contributed by atoms with E-state index in [9.17, 15) is 10.1 Å². The highest BCUT2D eigenvalue weighted by molar-refractivity contribution is 5.56. The van der Waals surface area contributed by atoms with E-state index >= 15 is 0 Å². The van der Waals surface area contributed by atoms with Gasteiger partial charge >= 0.3 is 0 Å². The summed E-state index contributed by atoms with van der Waals surface area (Å²) in [4.78, 5) is 12.7. The van der Waals surface area contributed by atoms with Crippen LogP contribution in [0.25, 0.3) is 0 Å². The molecule has 21 heavy (non-hydrogen) atoms. The van der Waals surface area contributed by atoms with Gasteiger partial charge in [-0.3, -0.25) is 10.1 Å². The van der Waals surface area contributed by atoms with Gasteiger partial charge in [0.05, 0.1) is 11.0 Å². The van der Waals surface area contributed by atoms with Gasteiger partial charge < -0.3 is 15.0 Å². The first-order valence-electron chi connectivity index (χ1n) is 7.10. The Hall–Kier alpha value is -1.82. The van der Waals surface area contributed by atoms with E-state index in [-0.39, 0.29) is 11.2 Å². The van der Waals surface area contributed by atoms with Crippen LogP contribution in [-0.2, 0) is 0 Å². The van der Waals surface area contributed by atoms with Crippen LogP contribution in [0.3, 0.4) is 0 Å². The van der Waals surface area contributed by atoms with Crippen molar-refractivity contribution in [2.75, 3.05) is 32.6 Å². The summed E-state index contributed by atoms with van der Waals surface area (Å²) in [6, 6.07) is 4.79. The lowest BCUT2D eigenvalue weighted by molar-refractivity contribution is -0.384. The Balaban J connectivity index is 2.90. The minimum atomic E-state index is -0.402. The third kappa shape index (κ3) is 5.23. The van der Waals surface area contributed by atoms with Crippen molar-refractivity contribution >= 4 is 11.4 Å². The molecule has 0 fully saturated rings. The summed E-state index contributed by atoms with van der Waals surface area (Å²) in [6.07, 6.45) is 0.951. The van der Waals surface area contributed by atoms with E-state index < -0.39 is 4.92 Å². The molecule has 0 atom stereocenters. The molecule has 1 N–H and O–H groups in total. The van der Waals surface area contributed by atoms with Gasteiger partial charge in [-0.25, -0.2) is 0 Å². The summed E-state index contributed by atoms with van der Waals surface area (Å²) in [6.45, 7) is 7.38. The van der Waals surface area contributed by atoms with Gasteiger partial charge in [-0.15, -0.1) is 0 Å². The Labute approximate surface area is 126 Å². The van der Waals surface area contributed by atoms with Gasteiger partial charge in [-0.05, 0) is 34.4 Å². The quantitative estimate of drug-likeness (QED) is 0.589. The molecule has 0 saturated carbocycles. The molecule has 0 bridgehead atoms. The molecule has 1 rings (SSSR count). The van der Waals surface area contributed by atoms with Gasteiger partial charge in [0.1, 0.15) is 12.4 Å². The lowest BCUT2D eigenvalue weighted by Gasteiger charge is -2.32. The van der Waals surface area contributed by atoms with Gasteiger partial charge in [0.15, 0.2) is 0 Å². The van der Waals surface area contributed by atoms with Crippen molar-refractivity contribution in [3.63, 3.8) is 0 Å². The normalized spacial score (nSPS) is 11.5. The molecule has 0 radical (unpaired) electrons. The smallest absolute Gasteiger partial charge is 0.275 e. The van der Waals surface area contributed by atoms with E-state index in [1.807, 2.05) is 21.0 Å². The molecular weight excluding hydrogens is 270 g/mol. The van der Waals surface area contributed by atoms with E-state index in [1.165, 1.54) is 12.1 Å². The summed E-state index contributed by atoms with van der Waals surface area (Å²) in [7, 11) is 3.95. The van der Waals surface area contributed by atoms with Crippen LogP contribution in [0.15, 0.2) is 18.2 Å². The summed E-state index contributed by atoms with van der Waals surface area (Å²) >= 11 is 0. The van der Waals surface area contributed by atoms with Gasteiger partial charge in [0.2, 0.25) is 0 Å². The Morgan fingerprint density at radius 1 is 1.33 bits per heavy atom. The fourth-order valence-electron chi connectivity index (χ4n) is 1.53. The first kappa shape index (κ1) is 17.2. The lowest BCUT2D eigenvalue weighted by Crippen LogP contribution is -2.43. The number of non-ortho nitro benzene ring substituents is 1. The molecule has 0 heterocycles. The molecule has 0 unspecified atom stereocenters. The van der Waals surface area contributed by atoms with Crippen molar-refractivity contribution in [3.8, 4) is 5.75 Å². The van der Waals surface area contributed by atoms with Crippen LogP contribution in [0.4, 0.5) is 11.4 Å². The molecule has 0 aliphatic heterocycles. The summed E-state index contributed by atoms with van der Waals surface area (Å²) in [5.41, 5.74) is 0.596. The number of nitro benzene ring substituents is 1. The first-order chi connectivity index (χ1) is 9.76. The van der Waals surface area contributed by atoms with Crippen LogP contribution in [0.5, 0.6) is 5.75 Å². The van der Waals surface area contributed by atoms with E-state index in [0.717, 1.165) is 13.0 Å². The molecule has 0 amide bonds. The third-order valence-corrected chi connectivity index (χ3v) is 3.48. The largest absolute Gasteiger partial charge is 0.491 e. The molecule has 6 heteroatoms. The standard InChI is InChI=1S/C15H25N3O3/c1-6-7-16-12-8-13(18(19)20)10-14(9-12)21-11-15(2,3)17(4)5/h8-10,16H,6-7,11H2,1-5H3. The van der Waals surface area contributed by atoms with Gasteiger partial charge in [0, 0.05) is 29.9 Å². The highest BCUT2D eigenvalue weighted by atomic mass is 16.6. The van der Waals surface area contributed by atoms with Gasteiger partial charge in [-0.1, -0.05) is 6.92 Å². The Kier molecular flexibility index (Phi) is 5.96. The zero-order chi connectivity index (χ0) is 16.0. The molecule has 118 valence electrons. The molecule has 0 spiro atoms. The number of likely N-dealkylation sites (N-methyl/N-ethyl adjacent to an activating group) is 1. The molecule has 0 aliphatic carbocycles. The zero-order valence-electron chi connectivity index (χ0n) is 13.5. The van der Waals surface area contributed by atoms with Crippen LogP contribution in [0, 0.1) is 10.1 Å². The number of benzene rings is 1. The minimum Gasteiger partial charge on any atom is -0.491 e. The summed E-state index contributed by atoms with van der Waals surface area (Å²) < 4.78 is 5.76. The number of nitrogens with one attached hydrogen (secondary N) is 1. The number of nitro groups is 1. The van der Waals surface area contributed by atoms with Crippen molar-refractivity contribution in [2.45, 2.75) is 32.7 Å². The number of anilines is 1. The highest BCUT2D eigenvalue weighted by Crippen LogP contribution is 2.27. The van der Waals surface area contributed by atoms with Crippen molar-refractivity contribution in [1.82, 2.24) is 4.90 Å². The molecule has 6 nitrogen and oxygen atoms in total. The van der Waals surface area contributed by atoms with Crippen LogP contribution in [0.1, 0.15) is 27.2 Å². The highest BCUT2D eigenvalue weighted by Gasteiger charge is 2.22. The number of nitrogens with zero attached hydrogens (tertiary/aromatic N) is 2. The molecule has 0 aliphatic rings. The predicted octanol–water partition coefficient (Wildman–Crippen LogP) is 3.14. The van der Waals surface area contributed by atoms with Crippen LogP contribution in [-0.4, -0.2) is 42.6 Å². The SMILES string of the molecule is CCCNc1cc(OCC(C)(C)N(C)C)cc([N+](=O)[O-])c1. The maximum atomic E-state index is 11.0. The maximum Gasteiger partial charge on any atom is 0.275 e. The Morgan fingerprint density at radius 2 is 2.00 bits per heavy atom. The first-order valence-corrected chi connectivity index (χ1v) is 7.10. The predicted molar refractivity (Wildman–Crippen MR) is 85.1 cm³/mol. The number of hydrogen-bond acceptors (Lipinski definition) is 5. The molecule has 1 aromatic rings. The summed E-state index contributed by atoms with van der Waals surface area (Å²) in [5, 5.41) is 14.2. The Morgan fingerprint density at radius 3 is 2.52 bits per heavy atom. The van der Waals surface area contributed by atoms with Gasteiger partial charge in [0.25, 0.3) is 5.69 Å². The van der Waals surface area contributed by atoms with E-state index in [4.69, 9.17) is 4.74 Å². The van der Waals surface area contributed by atoms with E-state index in [0.29, 0.717) is 18.0 Å². The number of ether oxygens (including phenoxy) is 1. The second-order valence-electron chi connectivity index (χ2n) is 5.90. The van der Waals surface area contributed by atoms with Crippen molar-refractivity contribution in [2.24, 2.45) is 0 Å². The second-order valence-corrected chi connectivity index (χ2v) is 5.90. The fourth-order valence-corrected chi connectivity index (χ4v) is 1.53. The number of rotatable bonds is 8. The molecule has 0 aromatic heterocycles. The lowest BCUT2D eigenvalue weighted by atomic mass is 10.1. The minimum absolute atomic E-state index is 0.0359. The number of hydrogen-bond donors (Lipinski definition) is 1. The topological polar surface area (TPSA) is 67.6 Å². The maximum absolute atomic E-state index is 11.0. The fraction of sp³-hybridized carbons (Fsp3) is 0.600. The van der Waals surface area contributed by atoms with E-state index in [2.05, 4.69) is 24.1 Å². The van der Waals surface area contributed by atoms with Crippen LogP contribution in [0.2, 0.25) is 0 Å². The van der Waals surface area contributed by atoms with Crippen molar-refractivity contribution < 1.29 is 9.66 Å². The zero-order valence-corrected chi connectivity index (χ0v) is 13.5. The summed E-state index contributed by atoms with van der Waals surface area (Å²) in [5.74, 6) is 0.512. The second kappa shape index (κ2) is 7.26. The van der Waals surface area contributed by atoms with Gasteiger partial charge in [-0.2, -0.15) is 0 Å². The van der Waals surface area contributed by atoms with Crippen molar-refractivity contribution in [3.05, 3.63) is 28.3 Å². The third-order valence-electron chi connectivity index (χ3n) is 3.48. The molecule has 0 saturated heterocycles. The Bertz CT molecular complexity index is 487. The van der Waals surface area contributed by atoms with Crippen molar-refractivity contribution in [1.29, 1.82) is 0 Å².